The van der Waals surface area contributed by atoms with Crippen molar-refractivity contribution in [3.63, 3.8) is 0 Å². The van der Waals surface area contributed by atoms with Gasteiger partial charge < -0.3 is 9.47 Å². The lowest BCUT2D eigenvalue weighted by Crippen LogP contribution is -2.00. The molecule has 0 saturated heterocycles. The van der Waals surface area contributed by atoms with Crippen LogP contribution < -0.4 is 9.47 Å². The maximum Gasteiger partial charge on any atom is 0.308 e. The highest BCUT2D eigenvalue weighted by Crippen LogP contribution is 2.33. The van der Waals surface area contributed by atoms with Gasteiger partial charge >= 0.3 is 5.97 Å². The zero-order chi connectivity index (χ0) is 14.8. The van der Waals surface area contributed by atoms with Crippen molar-refractivity contribution in [3.8, 4) is 16.7 Å². The monoisotopic (exact) mass is 319 g/mol. The predicted octanol–water partition coefficient (Wildman–Crippen LogP) is 4.67. The molecular formula is C15H10ClNO3S. The Bertz CT molecular complexity index is 798. The third kappa shape index (κ3) is 3.32. The summed E-state index contributed by atoms with van der Waals surface area (Å²) in [6, 6.07) is 12.3. The van der Waals surface area contributed by atoms with Gasteiger partial charge in [-0.05, 0) is 42.5 Å². The van der Waals surface area contributed by atoms with Crippen LogP contribution in [-0.2, 0) is 4.79 Å². The van der Waals surface area contributed by atoms with Crippen LogP contribution in [0.15, 0.2) is 42.5 Å². The summed E-state index contributed by atoms with van der Waals surface area (Å²) in [5.41, 5.74) is 0.843. The molecule has 0 spiro atoms. The van der Waals surface area contributed by atoms with E-state index in [-0.39, 0.29) is 5.97 Å². The number of ether oxygens (including phenoxy) is 2. The summed E-state index contributed by atoms with van der Waals surface area (Å²) in [6.07, 6.45) is 0. The van der Waals surface area contributed by atoms with Crippen LogP contribution in [0.25, 0.3) is 10.2 Å². The van der Waals surface area contributed by atoms with Gasteiger partial charge in [0.2, 0.25) is 0 Å². The largest absolute Gasteiger partial charge is 0.431 e. The van der Waals surface area contributed by atoms with Gasteiger partial charge in [0.15, 0.2) is 0 Å². The zero-order valence-corrected chi connectivity index (χ0v) is 12.6. The maximum absolute atomic E-state index is 10.8. The average molecular weight is 320 g/mol. The van der Waals surface area contributed by atoms with Crippen LogP contribution in [0.2, 0.25) is 5.02 Å². The number of rotatable bonds is 3. The summed E-state index contributed by atoms with van der Waals surface area (Å²) in [5, 5.41) is 1.20. The minimum absolute atomic E-state index is 0.355. The Morgan fingerprint density at radius 1 is 1.14 bits per heavy atom. The highest BCUT2D eigenvalue weighted by atomic mass is 35.5. The Morgan fingerprint density at radius 2 is 1.86 bits per heavy atom. The number of hydrogen-bond acceptors (Lipinski definition) is 5. The van der Waals surface area contributed by atoms with Crippen LogP contribution in [0.3, 0.4) is 0 Å². The van der Waals surface area contributed by atoms with E-state index in [4.69, 9.17) is 21.1 Å². The van der Waals surface area contributed by atoms with Crippen molar-refractivity contribution in [3.05, 3.63) is 47.5 Å². The minimum atomic E-state index is -0.355. The van der Waals surface area contributed by atoms with Crippen LogP contribution in [0.4, 0.5) is 0 Å². The van der Waals surface area contributed by atoms with Gasteiger partial charge in [0, 0.05) is 11.9 Å². The van der Waals surface area contributed by atoms with Crippen LogP contribution in [0.5, 0.6) is 16.7 Å². The number of halogens is 1. The first-order valence-electron chi connectivity index (χ1n) is 6.12. The lowest BCUT2D eigenvalue weighted by atomic mass is 10.3. The highest BCUT2D eigenvalue weighted by Gasteiger charge is 2.07. The van der Waals surface area contributed by atoms with E-state index in [0.717, 1.165) is 10.2 Å². The third-order valence-corrected chi connectivity index (χ3v) is 3.75. The van der Waals surface area contributed by atoms with Gasteiger partial charge in [-0.25, -0.2) is 4.98 Å². The molecule has 3 aromatic rings. The number of nitrogens with zero attached hydrogens (tertiary/aromatic N) is 1. The molecule has 0 fully saturated rings. The summed E-state index contributed by atoms with van der Waals surface area (Å²) in [7, 11) is 0. The van der Waals surface area contributed by atoms with Gasteiger partial charge in [-0.3, -0.25) is 4.79 Å². The van der Waals surface area contributed by atoms with Crippen LogP contribution in [0.1, 0.15) is 6.92 Å². The number of carbonyl (C=O) groups excluding carboxylic acids is 1. The normalized spacial score (nSPS) is 10.6. The van der Waals surface area contributed by atoms with Crippen LogP contribution >= 0.6 is 22.9 Å². The molecule has 0 unspecified atom stereocenters. The number of thiazole rings is 1. The molecule has 21 heavy (non-hydrogen) atoms. The first kappa shape index (κ1) is 13.9. The van der Waals surface area contributed by atoms with Crippen molar-refractivity contribution in [1.82, 2.24) is 4.98 Å². The summed E-state index contributed by atoms with van der Waals surface area (Å²) < 4.78 is 11.6. The molecule has 0 aliphatic rings. The summed E-state index contributed by atoms with van der Waals surface area (Å²) in [4.78, 5) is 15.2. The van der Waals surface area contributed by atoms with Gasteiger partial charge in [-0.1, -0.05) is 22.9 Å². The van der Waals surface area contributed by atoms with Crippen molar-refractivity contribution in [2.45, 2.75) is 6.92 Å². The van der Waals surface area contributed by atoms with E-state index in [1.54, 1.807) is 30.3 Å². The summed E-state index contributed by atoms with van der Waals surface area (Å²) in [6.45, 7) is 1.36. The second-order valence-electron chi connectivity index (χ2n) is 4.26. The second-order valence-corrected chi connectivity index (χ2v) is 5.69. The van der Waals surface area contributed by atoms with E-state index in [1.165, 1.54) is 18.3 Å². The number of esters is 1. The minimum Gasteiger partial charge on any atom is -0.431 e. The molecule has 1 heterocycles. The van der Waals surface area contributed by atoms with Gasteiger partial charge in [-0.15, -0.1) is 0 Å². The standard InChI is InChI=1S/C15H10ClNO3S/c1-9(18)19-11-3-5-12(6-4-11)20-15-17-13-7-2-10(16)8-14(13)21-15/h2-8H,1H3. The van der Waals surface area contributed by atoms with Gasteiger partial charge in [0.1, 0.15) is 11.5 Å². The van der Waals surface area contributed by atoms with Gasteiger partial charge in [-0.2, -0.15) is 0 Å². The Balaban J connectivity index is 1.79. The molecule has 0 aliphatic heterocycles. The first-order chi connectivity index (χ1) is 10.1. The molecule has 6 heteroatoms. The molecule has 0 radical (unpaired) electrons. The molecule has 3 rings (SSSR count). The quantitative estimate of drug-likeness (QED) is 0.520. The smallest absolute Gasteiger partial charge is 0.308 e. The van der Waals surface area contributed by atoms with Crippen molar-refractivity contribution in [2.75, 3.05) is 0 Å². The Kier molecular flexibility index (Phi) is 3.77. The lowest BCUT2D eigenvalue weighted by molar-refractivity contribution is -0.131. The molecule has 0 saturated carbocycles. The molecule has 0 amide bonds. The van der Waals surface area contributed by atoms with E-state index in [9.17, 15) is 4.79 Å². The van der Waals surface area contributed by atoms with Crippen molar-refractivity contribution in [1.29, 1.82) is 0 Å². The highest BCUT2D eigenvalue weighted by molar-refractivity contribution is 7.20. The van der Waals surface area contributed by atoms with E-state index < -0.39 is 0 Å². The molecule has 2 aromatic carbocycles. The Hall–Kier alpha value is -2.11. The Labute approximate surface area is 129 Å². The first-order valence-corrected chi connectivity index (χ1v) is 7.32. The molecule has 0 aliphatic carbocycles. The number of aromatic nitrogens is 1. The van der Waals surface area contributed by atoms with Crippen molar-refractivity contribution >= 4 is 39.1 Å². The summed E-state index contributed by atoms with van der Waals surface area (Å²) in [5.74, 6) is 0.744. The molecule has 106 valence electrons. The Morgan fingerprint density at radius 3 is 2.57 bits per heavy atom. The fraction of sp³-hybridized carbons (Fsp3) is 0.0667. The molecule has 0 bridgehead atoms. The van der Waals surface area contributed by atoms with Gasteiger partial charge in [0.05, 0.1) is 10.2 Å². The average Bonchev–Trinajstić information content (AvgIpc) is 2.82. The zero-order valence-electron chi connectivity index (χ0n) is 11.0. The second kappa shape index (κ2) is 5.71. The van der Waals surface area contributed by atoms with Crippen LogP contribution in [-0.4, -0.2) is 11.0 Å². The third-order valence-electron chi connectivity index (χ3n) is 2.62. The number of fused-ring (bicyclic) bond motifs is 1. The molecular weight excluding hydrogens is 310 g/mol. The van der Waals surface area contributed by atoms with Crippen LogP contribution in [0, 0.1) is 0 Å². The molecule has 0 N–H and O–H groups in total. The van der Waals surface area contributed by atoms with E-state index in [2.05, 4.69) is 4.98 Å². The molecule has 0 atom stereocenters. The number of carbonyl (C=O) groups is 1. The SMILES string of the molecule is CC(=O)Oc1ccc(Oc2nc3ccc(Cl)cc3s2)cc1. The fourth-order valence-electron chi connectivity index (χ4n) is 1.76. The number of hydrogen-bond donors (Lipinski definition) is 0. The lowest BCUT2D eigenvalue weighted by Gasteiger charge is -2.03. The predicted molar refractivity (Wildman–Crippen MR) is 82.5 cm³/mol. The molecule has 1 aromatic heterocycles. The van der Waals surface area contributed by atoms with E-state index >= 15 is 0 Å². The summed E-state index contributed by atoms with van der Waals surface area (Å²) >= 11 is 7.36. The van der Waals surface area contributed by atoms with E-state index in [0.29, 0.717) is 21.7 Å². The van der Waals surface area contributed by atoms with Crippen molar-refractivity contribution in [2.24, 2.45) is 0 Å². The van der Waals surface area contributed by atoms with E-state index in [1.807, 2.05) is 12.1 Å². The maximum atomic E-state index is 10.8. The topological polar surface area (TPSA) is 48.4 Å². The van der Waals surface area contributed by atoms with Crippen molar-refractivity contribution < 1.29 is 14.3 Å². The number of benzene rings is 2. The van der Waals surface area contributed by atoms with Gasteiger partial charge in [0.25, 0.3) is 5.19 Å². The fourth-order valence-corrected chi connectivity index (χ4v) is 2.87. The molecule has 4 nitrogen and oxygen atoms in total.